The molecule has 0 bridgehead atoms. The minimum Gasteiger partial charge on any atom is -0.354 e. The van der Waals surface area contributed by atoms with Gasteiger partial charge in [0.25, 0.3) is 5.91 Å². The van der Waals surface area contributed by atoms with Crippen molar-refractivity contribution in [1.82, 2.24) is 16.0 Å². The van der Waals surface area contributed by atoms with Gasteiger partial charge in [-0.1, -0.05) is 39.3 Å². The van der Waals surface area contributed by atoms with Gasteiger partial charge < -0.3 is 16.0 Å². The summed E-state index contributed by atoms with van der Waals surface area (Å²) in [4.78, 5) is 16.2. The van der Waals surface area contributed by atoms with Crippen molar-refractivity contribution in [2.75, 3.05) is 13.6 Å². The maximum absolute atomic E-state index is 12.0. The molecule has 1 rings (SSSR count). The number of benzene rings is 1. The van der Waals surface area contributed by atoms with Gasteiger partial charge in [-0.2, -0.15) is 0 Å². The third-order valence-corrected chi connectivity index (χ3v) is 4.08. The summed E-state index contributed by atoms with van der Waals surface area (Å²) >= 11 is 0. The molecule has 0 aromatic heterocycles. The van der Waals surface area contributed by atoms with E-state index in [2.05, 4.69) is 48.6 Å². The predicted molar refractivity (Wildman–Crippen MR) is 101 cm³/mol. The van der Waals surface area contributed by atoms with Gasteiger partial charge in [0.05, 0.1) is 0 Å². The van der Waals surface area contributed by atoms with E-state index in [0.29, 0.717) is 24.1 Å². The maximum atomic E-state index is 12.0. The lowest BCUT2D eigenvalue weighted by Gasteiger charge is -2.20. The zero-order valence-electron chi connectivity index (χ0n) is 15.6. The van der Waals surface area contributed by atoms with Crippen LogP contribution >= 0.6 is 0 Å². The second-order valence-electron chi connectivity index (χ2n) is 6.41. The van der Waals surface area contributed by atoms with E-state index in [1.165, 1.54) is 0 Å². The zero-order valence-corrected chi connectivity index (χ0v) is 15.6. The fourth-order valence-corrected chi connectivity index (χ4v) is 2.02. The number of amides is 1. The molecule has 0 heterocycles. The first-order valence-electron chi connectivity index (χ1n) is 8.82. The van der Waals surface area contributed by atoms with Crippen LogP contribution in [0.4, 0.5) is 0 Å². The minimum absolute atomic E-state index is 0.00815. The van der Waals surface area contributed by atoms with Crippen molar-refractivity contribution in [1.29, 1.82) is 0 Å². The molecule has 0 saturated heterocycles. The van der Waals surface area contributed by atoms with E-state index in [-0.39, 0.29) is 5.91 Å². The highest BCUT2D eigenvalue weighted by molar-refractivity contribution is 5.94. The van der Waals surface area contributed by atoms with Gasteiger partial charge in [-0.05, 0) is 37.0 Å². The van der Waals surface area contributed by atoms with Crippen molar-refractivity contribution in [2.45, 2.75) is 53.1 Å². The molecule has 24 heavy (non-hydrogen) atoms. The number of hydrogen-bond acceptors (Lipinski definition) is 2. The Balaban J connectivity index is 2.50. The molecule has 0 fully saturated rings. The number of rotatable bonds is 8. The number of guanidine groups is 1. The highest BCUT2D eigenvalue weighted by Gasteiger charge is 2.09. The molecule has 3 N–H and O–H groups in total. The maximum Gasteiger partial charge on any atom is 0.251 e. The van der Waals surface area contributed by atoms with Crippen molar-refractivity contribution in [3.63, 3.8) is 0 Å². The first-order valence-corrected chi connectivity index (χ1v) is 8.82. The summed E-state index contributed by atoms with van der Waals surface area (Å²) in [6.45, 7) is 10.0. The summed E-state index contributed by atoms with van der Waals surface area (Å²) in [6.07, 6.45) is 2.09. The van der Waals surface area contributed by atoms with Gasteiger partial charge in [0.2, 0.25) is 0 Å². The quantitative estimate of drug-likeness (QED) is 0.389. The lowest BCUT2D eigenvalue weighted by atomic mass is 10.1. The second kappa shape index (κ2) is 10.7. The van der Waals surface area contributed by atoms with Gasteiger partial charge in [-0.3, -0.25) is 9.79 Å². The summed E-state index contributed by atoms with van der Waals surface area (Å²) in [5.41, 5.74) is 1.81. The van der Waals surface area contributed by atoms with Crippen molar-refractivity contribution in [2.24, 2.45) is 10.9 Å². The van der Waals surface area contributed by atoms with Crippen LogP contribution in [-0.4, -0.2) is 31.5 Å². The van der Waals surface area contributed by atoms with E-state index in [0.717, 1.165) is 30.9 Å². The molecule has 134 valence electrons. The van der Waals surface area contributed by atoms with Gasteiger partial charge in [0.1, 0.15) is 0 Å². The molecular formula is C19H32N4O. The first-order chi connectivity index (χ1) is 11.5. The van der Waals surface area contributed by atoms with Crippen LogP contribution in [0.1, 0.15) is 56.5 Å². The van der Waals surface area contributed by atoms with Gasteiger partial charge in [-0.15, -0.1) is 0 Å². The minimum atomic E-state index is -0.00815. The number of carbonyl (C=O) groups excluding carboxylic acids is 1. The summed E-state index contributed by atoms with van der Waals surface area (Å²) in [6, 6.07) is 8.03. The molecule has 5 nitrogen and oxygen atoms in total. The third-order valence-electron chi connectivity index (χ3n) is 4.08. The monoisotopic (exact) mass is 332 g/mol. The normalized spacial score (nSPS) is 12.8. The van der Waals surface area contributed by atoms with Crippen LogP contribution in [0.15, 0.2) is 29.3 Å². The van der Waals surface area contributed by atoms with Crippen LogP contribution < -0.4 is 16.0 Å². The average molecular weight is 332 g/mol. The van der Waals surface area contributed by atoms with Gasteiger partial charge in [0.15, 0.2) is 5.96 Å². The van der Waals surface area contributed by atoms with Gasteiger partial charge in [-0.25, -0.2) is 0 Å². The standard InChI is InChI=1S/C19H32N4O/c1-6-7-12-21-18(24)17-10-8-16(9-11-17)13-22-19(20-5)23-15(4)14(2)3/h8-11,14-15H,6-7,12-13H2,1-5H3,(H,21,24)(H2,20,22,23). The lowest BCUT2D eigenvalue weighted by Crippen LogP contribution is -2.43. The number of carbonyl (C=O) groups is 1. The van der Waals surface area contributed by atoms with Crippen LogP contribution in [0, 0.1) is 5.92 Å². The molecule has 0 radical (unpaired) electrons. The van der Waals surface area contributed by atoms with Crippen LogP contribution in [0.2, 0.25) is 0 Å². The molecule has 0 spiro atoms. The summed E-state index contributed by atoms with van der Waals surface area (Å²) in [5.74, 6) is 1.32. The Kier molecular flexibility index (Phi) is 8.90. The first kappa shape index (κ1) is 20.0. The Bertz CT molecular complexity index is 523. The SMILES string of the molecule is CCCCNC(=O)c1ccc(CNC(=NC)NC(C)C(C)C)cc1. The van der Waals surface area contributed by atoms with Crippen LogP contribution in [-0.2, 0) is 6.54 Å². The van der Waals surface area contributed by atoms with E-state index in [4.69, 9.17) is 0 Å². The van der Waals surface area contributed by atoms with Gasteiger partial charge in [0, 0.05) is 31.7 Å². The Morgan fingerprint density at radius 2 is 1.79 bits per heavy atom. The molecule has 0 aliphatic heterocycles. The number of aliphatic imine (C=N–C) groups is 1. The molecule has 1 aromatic rings. The number of nitrogens with one attached hydrogen (secondary N) is 3. The Morgan fingerprint density at radius 1 is 1.12 bits per heavy atom. The molecule has 1 atom stereocenters. The van der Waals surface area contributed by atoms with E-state index < -0.39 is 0 Å². The van der Waals surface area contributed by atoms with Crippen LogP contribution in [0.5, 0.6) is 0 Å². The Hall–Kier alpha value is -2.04. The Morgan fingerprint density at radius 3 is 2.33 bits per heavy atom. The van der Waals surface area contributed by atoms with Crippen molar-refractivity contribution in [3.05, 3.63) is 35.4 Å². The van der Waals surface area contributed by atoms with E-state index in [1.54, 1.807) is 7.05 Å². The van der Waals surface area contributed by atoms with Crippen molar-refractivity contribution >= 4 is 11.9 Å². The highest BCUT2D eigenvalue weighted by atomic mass is 16.1. The molecule has 0 saturated carbocycles. The molecule has 1 amide bonds. The summed E-state index contributed by atoms with van der Waals surface area (Å²) in [5, 5.41) is 9.60. The van der Waals surface area contributed by atoms with Crippen LogP contribution in [0.3, 0.4) is 0 Å². The van der Waals surface area contributed by atoms with Gasteiger partial charge >= 0.3 is 0 Å². The van der Waals surface area contributed by atoms with E-state index in [9.17, 15) is 4.79 Å². The molecular weight excluding hydrogens is 300 g/mol. The predicted octanol–water partition coefficient (Wildman–Crippen LogP) is 2.93. The second-order valence-corrected chi connectivity index (χ2v) is 6.41. The smallest absolute Gasteiger partial charge is 0.251 e. The fourth-order valence-electron chi connectivity index (χ4n) is 2.02. The molecule has 0 aliphatic rings. The van der Waals surface area contributed by atoms with Crippen molar-refractivity contribution in [3.8, 4) is 0 Å². The topological polar surface area (TPSA) is 65.5 Å². The number of hydrogen-bond donors (Lipinski definition) is 3. The number of nitrogens with zero attached hydrogens (tertiary/aromatic N) is 1. The van der Waals surface area contributed by atoms with E-state index in [1.807, 2.05) is 24.3 Å². The summed E-state index contributed by atoms with van der Waals surface area (Å²) in [7, 11) is 1.77. The lowest BCUT2D eigenvalue weighted by molar-refractivity contribution is 0.0953. The zero-order chi connectivity index (χ0) is 17.9. The number of unbranched alkanes of at least 4 members (excludes halogenated alkanes) is 1. The fraction of sp³-hybridized carbons (Fsp3) is 0.579. The average Bonchev–Trinajstić information content (AvgIpc) is 2.58. The molecule has 5 heteroatoms. The van der Waals surface area contributed by atoms with Crippen molar-refractivity contribution < 1.29 is 4.79 Å². The largest absolute Gasteiger partial charge is 0.354 e. The Labute approximate surface area is 146 Å². The molecule has 0 aliphatic carbocycles. The van der Waals surface area contributed by atoms with E-state index >= 15 is 0 Å². The molecule has 1 aromatic carbocycles. The highest BCUT2D eigenvalue weighted by Crippen LogP contribution is 2.05. The third kappa shape index (κ3) is 7.02. The molecule has 1 unspecified atom stereocenters. The van der Waals surface area contributed by atoms with Crippen LogP contribution in [0.25, 0.3) is 0 Å². The summed E-state index contributed by atoms with van der Waals surface area (Å²) < 4.78 is 0.